The molecule has 156 valence electrons. The summed E-state index contributed by atoms with van der Waals surface area (Å²) in [7, 11) is -5.87. The molecule has 0 aliphatic rings. The van der Waals surface area contributed by atoms with Crippen LogP contribution in [0.5, 0.6) is 5.75 Å². The number of alkyl halides is 5. The monoisotopic (exact) mass is 511 g/mol. The molecule has 1 aromatic carbocycles. The number of primary amides is 1. The third-order valence-electron chi connectivity index (χ3n) is 3.48. The molecule has 28 heavy (non-hydrogen) atoms. The number of nitrogens with two attached hydrogens (primary N) is 1. The minimum Gasteiger partial charge on any atom is -0.492 e. The fourth-order valence-electron chi connectivity index (χ4n) is 2.17. The van der Waals surface area contributed by atoms with Crippen LogP contribution >= 0.6 is 34.9 Å². The lowest BCUT2D eigenvalue weighted by atomic mass is 10.1. The molecule has 0 atom stereocenters. The SMILES string of the molecule is NC(=O)c1cc(OCCCC(F)(F)F)c2sc(C(F)(F)P(=O)(O)O)c(Br)c2c1. The summed E-state index contributed by atoms with van der Waals surface area (Å²) >= 11 is 3.12. The molecule has 2 aromatic rings. The van der Waals surface area contributed by atoms with E-state index in [1.807, 2.05) is 0 Å². The highest BCUT2D eigenvalue weighted by Gasteiger charge is 2.53. The molecule has 0 unspecified atom stereocenters. The number of halogens is 6. The standard InChI is InChI=1S/C14H12BrF5NO5PS/c15-9-7-4-6(12(21)22)5-8(26-3-1-2-13(16,17)18)10(7)28-11(9)14(19,20)27(23,24)25/h4-5H,1-3H2,(H2,21,22)(H2,23,24,25). The molecule has 0 fully saturated rings. The first kappa shape index (κ1) is 23.0. The van der Waals surface area contributed by atoms with E-state index in [9.17, 15) is 31.3 Å². The molecule has 0 aliphatic carbocycles. The molecule has 2 rings (SSSR count). The average molecular weight is 512 g/mol. The van der Waals surface area contributed by atoms with Crippen LogP contribution in [0.2, 0.25) is 0 Å². The van der Waals surface area contributed by atoms with Crippen molar-refractivity contribution in [3.63, 3.8) is 0 Å². The summed E-state index contributed by atoms with van der Waals surface area (Å²) in [4.78, 5) is 28.3. The lowest BCUT2D eigenvalue weighted by Gasteiger charge is -2.16. The van der Waals surface area contributed by atoms with E-state index in [1.165, 1.54) is 0 Å². The molecule has 6 nitrogen and oxygen atoms in total. The zero-order valence-corrected chi connectivity index (χ0v) is 16.9. The van der Waals surface area contributed by atoms with Gasteiger partial charge < -0.3 is 20.3 Å². The molecule has 1 heterocycles. The summed E-state index contributed by atoms with van der Waals surface area (Å²) in [6.45, 7) is -0.434. The molecule has 4 N–H and O–H groups in total. The Morgan fingerprint density at radius 1 is 1.25 bits per heavy atom. The first-order valence-electron chi connectivity index (χ1n) is 7.34. The third-order valence-corrected chi connectivity index (χ3v) is 6.96. The number of carbonyl (C=O) groups excluding carboxylic acids is 1. The van der Waals surface area contributed by atoms with Gasteiger partial charge in [0.05, 0.1) is 11.3 Å². The quantitative estimate of drug-likeness (QED) is 0.283. The fourth-order valence-corrected chi connectivity index (χ4v) is 5.14. The van der Waals surface area contributed by atoms with Crippen molar-refractivity contribution in [1.29, 1.82) is 0 Å². The van der Waals surface area contributed by atoms with E-state index in [4.69, 9.17) is 20.3 Å². The Balaban J connectivity index is 2.52. The predicted octanol–water partition coefficient (Wildman–Crippen LogP) is 4.71. The Morgan fingerprint density at radius 3 is 2.36 bits per heavy atom. The summed E-state index contributed by atoms with van der Waals surface area (Å²) < 4.78 is 80.9. The van der Waals surface area contributed by atoms with Crippen molar-refractivity contribution >= 4 is 50.9 Å². The number of ether oxygens (including phenoxy) is 1. The minimum absolute atomic E-state index is 0.0352. The Hall–Kier alpha value is -1.27. The average Bonchev–Trinajstić information content (AvgIpc) is 2.87. The maximum absolute atomic E-state index is 14.2. The number of amides is 1. The van der Waals surface area contributed by atoms with Gasteiger partial charge >= 0.3 is 19.4 Å². The van der Waals surface area contributed by atoms with Crippen molar-refractivity contribution in [3.05, 3.63) is 27.0 Å². The van der Waals surface area contributed by atoms with Gasteiger partial charge in [0.1, 0.15) is 10.6 Å². The smallest absolute Gasteiger partial charge is 0.400 e. The number of fused-ring (bicyclic) bond motifs is 1. The van der Waals surface area contributed by atoms with E-state index in [1.54, 1.807) is 0 Å². The van der Waals surface area contributed by atoms with Crippen molar-refractivity contribution in [2.24, 2.45) is 5.73 Å². The van der Waals surface area contributed by atoms with Gasteiger partial charge in [-0.05, 0) is 34.5 Å². The van der Waals surface area contributed by atoms with Crippen molar-refractivity contribution in [2.75, 3.05) is 6.61 Å². The summed E-state index contributed by atoms with van der Waals surface area (Å²) in [5.41, 5.74) is 0.460. The second kappa shape index (κ2) is 7.86. The highest BCUT2D eigenvalue weighted by Crippen LogP contribution is 2.63. The number of thiophene rings is 1. The van der Waals surface area contributed by atoms with Gasteiger partial charge in [0.15, 0.2) is 0 Å². The number of hydrogen-bond acceptors (Lipinski definition) is 4. The van der Waals surface area contributed by atoms with Crippen LogP contribution in [0.4, 0.5) is 22.0 Å². The normalized spacial score (nSPS) is 13.1. The second-order valence-corrected chi connectivity index (χ2v) is 9.08. The van der Waals surface area contributed by atoms with Gasteiger partial charge in [-0.2, -0.15) is 22.0 Å². The van der Waals surface area contributed by atoms with Gasteiger partial charge in [-0.15, -0.1) is 11.3 Å². The van der Waals surface area contributed by atoms with Crippen LogP contribution in [0.25, 0.3) is 10.1 Å². The number of rotatable bonds is 7. The van der Waals surface area contributed by atoms with Gasteiger partial charge in [-0.3, -0.25) is 9.36 Å². The summed E-state index contributed by atoms with van der Waals surface area (Å²) in [6.07, 6.45) is -5.97. The van der Waals surface area contributed by atoms with Gasteiger partial charge in [-0.1, -0.05) is 0 Å². The Morgan fingerprint density at radius 2 is 1.86 bits per heavy atom. The molecule has 0 radical (unpaired) electrons. The van der Waals surface area contributed by atoms with E-state index in [2.05, 4.69) is 15.9 Å². The van der Waals surface area contributed by atoms with E-state index in [0.717, 1.165) is 12.1 Å². The summed E-state index contributed by atoms with van der Waals surface area (Å²) in [5.74, 6) is -1.16. The number of carbonyl (C=O) groups is 1. The molecule has 0 saturated heterocycles. The van der Waals surface area contributed by atoms with Crippen LogP contribution in [0.15, 0.2) is 16.6 Å². The largest absolute Gasteiger partial charge is 0.492 e. The first-order chi connectivity index (χ1) is 12.6. The molecule has 1 aromatic heterocycles. The molecule has 0 spiro atoms. The number of benzene rings is 1. The molecule has 0 aliphatic heterocycles. The highest BCUT2D eigenvalue weighted by atomic mass is 79.9. The molecule has 1 amide bonds. The fraction of sp³-hybridized carbons (Fsp3) is 0.357. The van der Waals surface area contributed by atoms with Crippen LogP contribution in [-0.2, 0) is 10.2 Å². The van der Waals surface area contributed by atoms with Crippen molar-refractivity contribution in [2.45, 2.75) is 24.7 Å². The molecule has 0 saturated carbocycles. The predicted molar refractivity (Wildman–Crippen MR) is 94.8 cm³/mol. The summed E-state index contributed by atoms with van der Waals surface area (Å²) in [6, 6.07) is 2.18. The minimum atomic E-state index is -5.87. The Bertz CT molecular complexity index is 958. The van der Waals surface area contributed by atoms with E-state index in [0.29, 0.717) is 0 Å². The summed E-state index contributed by atoms with van der Waals surface area (Å²) in [5, 5.41) is -0.0461. The molecular weight excluding hydrogens is 500 g/mol. The van der Waals surface area contributed by atoms with Crippen LogP contribution in [0.3, 0.4) is 0 Å². The van der Waals surface area contributed by atoms with E-state index >= 15 is 0 Å². The highest BCUT2D eigenvalue weighted by molar-refractivity contribution is 9.10. The van der Waals surface area contributed by atoms with Crippen molar-refractivity contribution in [1.82, 2.24) is 0 Å². The van der Waals surface area contributed by atoms with Crippen LogP contribution in [0, 0.1) is 0 Å². The number of hydrogen-bond donors (Lipinski definition) is 3. The van der Waals surface area contributed by atoms with Crippen LogP contribution in [-0.4, -0.2) is 28.5 Å². The molecule has 0 bridgehead atoms. The van der Waals surface area contributed by atoms with Crippen LogP contribution < -0.4 is 10.5 Å². The van der Waals surface area contributed by atoms with E-state index < -0.39 is 49.7 Å². The first-order valence-corrected chi connectivity index (χ1v) is 10.6. The lowest BCUT2D eigenvalue weighted by Crippen LogP contribution is -2.12. The zero-order chi connectivity index (χ0) is 21.5. The van der Waals surface area contributed by atoms with Gasteiger partial charge in [-0.25, -0.2) is 0 Å². The van der Waals surface area contributed by atoms with Crippen LogP contribution in [0.1, 0.15) is 28.1 Å². The Labute approximate surface area is 166 Å². The van der Waals surface area contributed by atoms with E-state index in [-0.39, 0.29) is 37.2 Å². The van der Waals surface area contributed by atoms with Crippen molar-refractivity contribution in [3.8, 4) is 5.75 Å². The van der Waals surface area contributed by atoms with Crippen molar-refractivity contribution < 1.29 is 45.8 Å². The molecular formula is C14H12BrF5NO5PS. The maximum Gasteiger partial charge on any atom is 0.400 e. The topological polar surface area (TPSA) is 110 Å². The van der Waals surface area contributed by atoms with Gasteiger partial charge in [0.25, 0.3) is 0 Å². The zero-order valence-electron chi connectivity index (χ0n) is 13.6. The second-order valence-electron chi connectivity index (χ2n) is 5.61. The Kier molecular flexibility index (Phi) is 6.46. The van der Waals surface area contributed by atoms with Gasteiger partial charge in [0.2, 0.25) is 5.91 Å². The maximum atomic E-state index is 14.2. The molecule has 14 heteroatoms. The lowest BCUT2D eigenvalue weighted by molar-refractivity contribution is -0.136. The third kappa shape index (κ3) is 4.82. The van der Waals surface area contributed by atoms with Gasteiger partial charge in [0, 0.05) is 21.8 Å².